The Balaban J connectivity index is 1.30. The summed E-state index contributed by atoms with van der Waals surface area (Å²) in [6.07, 6.45) is 1.03. The molecule has 0 unspecified atom stereocenters. The fourth-order valence-corrected chi connectivity index (χ4v) is 8.15. The van der Waals surface area contributed by atoms with Crippen molar-refractivity contribution in [2.45, 2.75) is 54.8 Å². The first-order valence-electron chi connectivity index (χ1n) is 14.0. The average Bonchev–Trinajstić information content (AvgIpc) is 3.38. The highest BCUT2D eigenvalue weighted by atomic mass is 35.5. The Morgan fingerprint density at radius 3 is 2.46 bits per heavy atom. The lowest BCUT2D eigenvalue weighted by molar-refractivity contribution is -0.127. The first-order chi connectivity index (χ1) is 19.7. The number of aliphatic hydroxyl groups excluding tert-OH is 1. The second-order valence-electron chi connectivity index (χ2n) is 11.2. The number of rotatable bonds is 3. The lowest BCUT2D eigenvalue weighted by Crippen LogP contribution is -2.59. The Kier molecular flexibility index (Phi) is 7.82. The Morgan fingerprint density at radius 2 is 1.71 bits per heavy atom. The maximum absolute atomic E-state index is 13.9. The van der Waals surface area contributed by atoms with Gasteiger partial charge in [-0.1, -0.05) is 66.2 Å². The molecule has 3 aliphatic heterocycles. The molecule has 2 atom stereocenters. The second-order valence-corrected chi connectivity index (χ2v) is 13.5. The van der Waals surface area contributed by atoms with Crippen LogP contribution in [-0.4, -0.2) is 72.6 Å². The Hall–Kier alpha value is -2.95. The van der Waals surface area contributed by atoms with Gasteiger partial charge < -0.3 is 15.2 Å². The fraction of sp³-hybridized carbons (Fsp3) is 0.387. The number of hydrogen-bond donors (Lipinski definition) is 2. The van der Waals surface area contributed by atoms with Crippen molar-refractivity contribution in [3.05, 3.63) is 83.4 Å². The van der Waals surface area contributed by atoms with E-state index in [1.807, 2.05) is 54.6 Å². The molecule has 2 saturated heterocycles. The molecule has 0 aromatic heterocycles. The molecular weight excluding hydrogens is 562 g/mol. The smallest absolute Gasteiger partial charge is 0.247 e. The fourth-order valence-electron chi connectivity index (χ4n) is 6.20. The van der Waals surface area contributed by atoms with E-state index in [0.717, 1.165) is 45.7 Å². The monoisotopic (exact) mass is 595 g/mol. The summed E-state index contributed by atoms with van der Waals surface area (Å²) in [4.78, 5) is 16.0. The highest BCUT2D eigenvalue weighted by Gasteiger charge is 2.47. The number of carbonyl (C=O) groups is 1. The Labute approximate surface area is 245 Å². The van der Waals surface area contributed by atoms with Crippen LogP contribution >= 0.6 is 11.6 Å². The predicted octanol–water partition coefficient (Wildman–Crippen LogP) is 4.06. The Bertz CT molecular complexity index is 1530. The van der Waals surface area contributed by atoms with Gasteiger partial charge in [0, 0.05) is 49.6 Å². The number of likely N-dealkylation sites (tertiary alicyclic amines) is 1. The van der Waals surface area contributed by atoms with Gasteiger partial charge in [0.25, 0.3) is 0 Å². The average molecular weight is 596 g/mol. The predicted molar refractivity (Wildman–Crippen MR) is 157 cm³/mol. The zero-order valence-electron chi connectivity index (χ0n) is 22.7. The molecule has 0 aliphatic carbocycles. The number of ether oxygens (including phenoxy) is 1. The van der Waals surface area contributed by atoms with Crippen LogP contribution in [0, 0.1) is 0 Å². The largest absolute Gasteiger partial charge is 0.492 e. The summed E-state index contributed by atoms with van der Waals surface area (Å²) in [5, 5.41) is 14.5. The number of halogens is 1. The maximum atomic E-state index is 13.9. The van der Waals surface area contributed by atoms with Gasteiger partial charge in [0.2, 0.25) is 15.9 Å². The van der Waals surface area contributed by atoms with Gasteiger partial charge in [0.05, 0.1) is 12.7 Å². The summed E-state index contributed by atoms with van der Waals surface area (Å²) in [6.45, 7) is 2.32. The van der Waals surface area contributed by atoms with Gasteiger partial charge in [-0.2, -0.15) is 4.31 Å². The topological polar surface area (TPSA) is 99.2 Å². The summed E-state index contributed by atoms with van der Waals surface area (Å²) in [5.41, 5.74) is 2.29. The van der Waals surface area contributed by atoms with E-state index in [0.29, 0.717) is 19.3 Å². The summed E-state index contributed by atoms with van der Waals surface area (Å²) in [6, 6.07) is 21.6. The first-order valence-corrected chi connectivity index (χ1v) is 15.9. The van der Waals surface area contributed by atoms with Crippen LogP contribution in [0.25, 0.3) is 11.1 Å². The number of aliphatic hydroxyl groups is 1. The lowest BCUT2D eigenvalue weighted by Gasteiger charge is -2.43. The van der Waals surface area contributed by atoms with Gasteiger partial charge in [-0.05, 0) is 47.7 Å². The maximum Gasteiger partial charge on any atom is 0.247 e. The minimum absolute atomic E-state index is 0.00888. The van der Waals surface area contributed by atoms with Crippen LogP contribution in [0.4, 0.5) is 0 Å². The molecule has 0 bridgehead atoms. The quantitative estimate of drug-likeness (QED) is 0.474. The van der Waals surface area contributed by atoms with Crippen LogP contribution in [0.3, 0.4) is 0 Å². The van der Waals surface area contributed by atoms with Crippen LogP contribution in [0.2, 0.25) is 5.02 Å². The van der Waals surface area contributed by atoms with Gasteiger partial charge >= 0.3 is 0 Å². The van der Waals surface area contributed by atoms with Crippen molar-refractivity contribution in [3.8, 4) is 16.9 Å². The van der Waals surface area contributed by atoms with E-state index >= 15 is 0 Å². The molecule has 3 aliphatic rings. The minimum atomic E-state index is -4.12. The summed E-state index contributed by atoms with van der Waals surface area (Å²) in [7, 11) is -4.12. The van der Waals surface area contributed by atoms with E-state index in [2.05, 4.69) is 10.2 Å². The van der Waals surface area contributed by atoms with Crippen molar-refractivity contribution in [1.29, 1.82) is 0 Å². The number of benzene rings is 3. The molecule has 1 spiro atoms. The molecule has 8 nitrogen and oxygen atoms in total. The zero-order valence-corrected chi connectivity index (χ0v) is 24.3. The van der Waals surface area contributed by atoms with Crippen LogP contribution in [0.15, 0.2) is 77.7 Å². The third-order valence-corrected chi connectivity index (χ3v) is 10.8. The summed E-state index contributed by atoms with van der Waals surface area (Å²) < 4.78 is 35.2. The number of piperidine rings is 1. The number of hydrogen-bond acceptors (Lipinski definition) is 6. The third-order valence-electron chi connectivity index (χ3n) is 8.57. The van der Waals surface area contributed by atoms with Gasteiger partial charge in [-0.3, -0.25) is 9.69 Å². The normalized spacial score (nSPS) is 24.5. The molecular formula is C31H34ClN3O5S. The van der Waals surface area contributed by atoms with Gasteiger partial charge in [0.1, 0.15) is 16.7 Å². The molecule has 0 saturated carbocycles. The first kappa shape index (κ1) is 28.2. The molecule has 1 amide bonds. The van der Waals surface area contributed by atoms with E-state index in [1.54, 1.807) is 18.2 Å². The number of carbonyl (C=O) groups excluding carboxylic acids is 1. The van der Waals surface area contributed by atoms with Gasteiger partial charge in [-0.15, -0.1) is 0 Å². The number of fused-ring (bicyclic) bond motifs is 2. The van der Waals surface area contributed by atoms with E-state index < -0.39 is 27.7 Å². The van der Waals surface area contributed by atoms with Crippen molar-refractivity contribution in [1.82, 2.24) is 14.5 Å². The SMILES string of the molecule is O=C1NC2(CCOc3cc(-c4ccccc4)ccc3S(=O)(=O)N3C[C@H](O)C[C@@H]13)CCN(Cc1ccccc1Cl)CC2. The Morgan fingerprint density at radius 1 is 0.976 bits per heavy atom. The van der Waals surface area contributed by atoms with Crippen LogP contribution in [-0.2, 0) is 21.4 Å². The van der Waals surface area contributed by atoms with Crippen LogP contribution in [0.5, 0.6) is 5.75 Å². The molecule has 10 heteroatoms. The van der Waals surface area contributed by atoms with E-state index in [4.69, 9.17) is 16.3 Å². The standard InChI is InChI=1S/C31H34ClN3O5S/c32-26-9-5-4-8-24(26)20-34-15-12-31(13-16-34)14-17-40-28-18-23(22-6-2-1-3-7-22)10-11-29(28)41(38,39)35-21-25(36)19-27(35)30(37)33-31/h1-11,18,25,27,36H,12-17,19-21H2,(H,33,37)/t25-,27+/m1/s1. The molecule has 41 heavy (non-hydrogen) atoms. The van der Waals surface area contributed by atoms with Crippen LogP contribution in [0.1, 0.15) is 31.2 Å². The molecule has 0 radical (unpaired) electrons. The third kappa shape index (κ3) is 5.74. The van der Waals surface area contributed by atoms with Crippen molar-refractivity contribution in [3.63, 3.8) is 0 Å². The molecule has 3 aromatic rings. The van der Waals surface area contributed by atoms with E-state index in [-0.39, 0.29) is 36.1 Å². The van der Waals surface area contributed by atoms with Crippen LogP contribution < -0.4 is 10.1 Å². The molecule has 3 aromatic carbocycles. The molecule has 2 fully saturated rings. The number of sulfonamides is 1. The molecule has 3 heterocycles. The zero-order chi connectivity index (χ0) is 28.6. The molecule has 6 rings (SSSR count). The molecule has 2 N–H and O–H groups in total. The number of nitrogens with zero attached hydrogens (tertiary/aromatic N) is 2. The van der Waals surface area contributed by atoms with Crippen molar-refractivity contribution < 1.29 is 23.1 Å². The second kappa shape index (κ2) is 11.4. The lowest BCUT2D eigenvalue weighted by atomic mass is 9.84. The van der Waals surface area contributed by atoms with Crippen molar-refractivity contribution in [2.24, 2.45) is 0 Å². The van der Waals surface area contributed by atoms with Gasteiger partial charge in [0.15, 0.2) is 0 Å². The highest BCUT2D eigenvalue weighted by molar-refractivity contribution is 7.89. The minimum Gasteiger partial charge on any atom is -0.492 e. The van der Waals surface area contributed by atoms with Crippen molar-refractivity contribution in [2.75, 3.05) is 26.2 Å². The van der Waals surface area contributed by atoms with Gasteiger partial charge in [-0.25, -0.2) is 8.42 Å². The van der Waals surface area contributed by atoms with E-state index in [9.17, 15) is 18.3 Å². The summed E-state index contributed by atoms with van der Waals surface area (Å²) in [5.74, 6) is -0.110. The summed E-state index contributed by atoms with van der Waals surface area (Å²) >= 11 is 6.40. The number of amides is 1. The van der Waals surface area contributed by atoms with Crippen molar-refractivity contribution >= 4 is 27.5 Å². The van der Waals surface area contributed by atoms with E-state index in [1.165, 1.54) is 0 Å². The molecule has 216 valence electrons. The highest BCUT2D eigenvalue weighted by Crippen LogP contribution is 2.37. The number of nitrogens with one attached hydrogen (secondary N) is 1.